The first kappa shape index (κ1) is 10.9. The standard InChI is InChI=1S/C11H15N3O2/c12-6-9(7-4-5-7)14-11(16)8-2-1-3-10(15)13-8/h1-3,7,9H,4-6,12H2,(H,13,15)(H,14,16). The highest BCUT2D eigenvalue weighted by Gasteiger charge is 2.31. The maximum Gasteiger partial charge on any atom is 0.268 e. The Morgan fingerprint density at radius 1 is 1.56 bits per heavy atom. The summed E-state index contributed by atoms with van der Waals surface area (Å²) in [5, 5.41) is 2.84. The molecule has 4 N–H and O–H groups in total. The third kappa shape index (κ3) is 2.49. The van der Waals surface area contributed by atoms with Crippen molar-refractivity contribution in [1.82, 2.24) is 10.3 Å². The molecule has 1 saturated carbocycles. The second kappa shape index (κ2) is 4.49. The number of pyridine rings is 1. The topological polar surface area (TPSA) is 88.0 Å². The highest BCUT2D eigenvalue weighted by molar-refractivity contribution is 5.92. The average molecular weight is 221 g/mol. The Morgan fingerprint density at radius 3 is 2.88 bits per heavy atom. The van der Waals surface area contributed by atoms with Crippen molar-refractivity contribution in [3.63, 3.8) is 0 Å². The summed E-state index contributed by atoms with van der Waals surface area (Å²) >= 11 is 0. The summed E-state index contributed by atoms with van der Waals surface area (Å²) in [7, 11) is 0. The van der Waals surface area contributed by atoms with Gasteiger partial charge in [-0.2, -0.15) is 0 Å². The molecule has 1 aromatic heterocycles. The Hall–Kier alpha value is -1.62. The summed E-state index contributed by atoms with van der Waals surface area (Å²) in [5.41, 5.74) is 5.59. The third-order valence-corrected chi connectivity index (χ3v) is 2.77. The minimum absolute atomic E-state index is 0.0243. The van der Waals surface area contributed by atoms with Gasteiger partial charge in [0.25, 0.3) is 5.91 Å². The Labute approximate surface area is 93.0 Å². The van der Waals surface area contributed by atoms with Gasteiger partial charge in [-0.3, -0.25) is 9.59 Å². The third-order valence-electron chi connectivity index (χ3n) is 2.77. The minimum Gasteiger partial charge on any atom is -0.346 e. The molecular formula is C11H15N3O2. The van der Waals surface area contributed by atoms with Gasteiger partial charge in [0, 0.05) is 18.7 Å². The van der Waals surface area contributed by atoms with Gasteiger partial charge in [-0.25, -0.2) is 0 Å². The number of amides is 1. The van der Waals surface area contributed by atoms with E-state index in [1.165, 1.54) is 6.07 Å². The van der Waals surface area contributed by atoms with Gasteiger partial charge >= 0.3 is 0 Å². The summed E-state index contributed by atoms with van der Waals surface area (Å²) < 4.78 is 0. The lowest BCUT2D eigenvalue weighted by Gasteiger charge is -2.15. The molecule has 0 bridgehead atoms. The first-order valence-electron chi connectivity index (χ1n) is 5.41. The number of nitrogens with one attached hydrogen (secondary N) is 2. The van der Waals surface area contributed by atoms with Crippen LogP contribution >= 0.6 is 0 Å². The van der Waals surface area contributed by atoms with Crippen molar-refractivity contribution in [2.24, 2.45) is 11.7 Å². The van der Waals surface area contributed by atoms with E-state index in [0.717, 1.165) is 12.8 Å². The van der Waals surface area contributed by atoms with E-state index < -0.39 is 0 Å². The number of carbonyl (C=O) groups is 1. The van der Waals surface area contributed by atoms with Gasteiger partial charge in [-0.1, -0.05) is 6.07 Å². The van der Waals surface area contributed by atoms with Gasteiger partial charge in [0.1, 0.15) is 5.69 Å². The average Bonchev–Trinajstić information content (AvgIpc) is 3.09. The van der Waals surface area contributed by atoms with Gasteiger partial charge < -0.3 is 16.0 Å². The molecule has 1 aliphatic carbocycles. The van der Waals surface area contributed by atoms with E-state index in [9.17, 15) is 9.59 Å². The molecule has 1 aromatic rings. The van der Waals surface area contributed by atoms with Crippen LogP contribution in [0.3, 0.4) is 0 Å². The van der Waals surface area contributed by atoms with Crippen LogP contribution in [0.4, 0.5) is 0 Å². The molecule has 1 aliphatic rings. The number of hydrogen-bond acceptors (Lipinski definition) is 3. The fourth-order valence-corrected chi connectivity index (χ4v) is 1.69. The molecule has 0 radical (unpaired) electrons. The van der Waals surface area contributed by atoms with Crippen molar-refractivity contribution in [1.29, 1.82) is 0 Å². The predicted molar refractivity (Wildman–Crippen MR) is 60.1 cm³/mol. The fourth-order valence-electron chi connectivity index (χ4n) is 1.69. The maximum absolute atomic E-state index is 11.8. The molecule has 5 nitrogen and oxygen atoms in total. The number of rotatable bonds is 4. The molecule has 1 heterocycles. The van der Waals surface area contributed by atoms with Crippen molar-refractivity contribution in [3.8, 4) is 0 Å². The van der Waals surface area contributed by atoms with Gasteiger partial charge in [0.2, 0.25) is 5.56 Å². The number of aromatic nitrogens is 1. The van der Waals surface area contributed by atoms with Gasteiger partial charge in [-0.05, 0) is 24.8 Å². The largest absolute Gasteiger partial charge is 0.346 e. The van der Waals surface area contributed by atoms with Crippen molar-refractivity contribution in [3.05, 3.63) is 34.2 Å². The van der Waals surface area contributed by atoms with Crippen molar-refractivity contribution >= 4 is 5.91 Å². The van der Waals surface area contributed by atoms with E-state index in [1.807, 2.05) is 0 Å². The monoisotopic (exact) mass is 221 g/mol. The van der Waals surface area contributed by atoms with Crippen molar-refractivity contribution in [2.45, 2.75) is 18.9 Å². The Kier molecular flexibility index (Phi) is 3.05. The molecule has 0 aromatic carbocycles. The Bertz CT molecular complexity index is 437. The number of nitrogens with two attached hydrogens (primary N) is 1. The van der Waals surface area contributed by atoms with Crippen molar-refractivity contribution < 1.29 is 4.79 Å². The van der Waals surface area contributed by atoms with E-state index in [0.29, 0.717) is 12.5 Å². The van der Waals surface area contributed by atoms with E-state index >= 15 is 0 Å². The summed E-state index contributed by atoms with van der Waals surface area (Å²) in [5.74, 6) is 0.240. The lowest BCUT2D eigenvalue weighted by atomic mass is 10.2. The number of H-pyrrole nitrogens is 1. The number of hydrogen-bond donors (Lipinski definition) is 3. The molecule has 0 saturated heterocycles. The Balaban J connectivity index is 2.04. The minimum atomic E-state index is -0.275. The van der Waals surface area contributed by atoms with E-state index in [1.54, 1.807) is 12.1 Å². The molecule has 1 amide bonds. The molecule has 0 aliphatic heterocycles. The SMILES string of the molecule is NCC(NC(=O)c1cccc(=O)[nH]1)C1CC1. The lowest BCUT2D eigenvalue weighted by Crippen LogP contribution is -2.42. The van der Waals surface area contributed by atoms with Crippen molar-refractivity contribution in [2.75, 3.05) is 6.54 Å². The van der Waals surface area contributed by atoms with E-state index in [4.69, 9.17) is 5.73 Å². The van der Waals surface area contributed by atoms with Crippen LogP contribution < -0.4 is 16.6 Å². The molecule has 1 fully saturated rings. The van der Waals surface area contributed by atoms with Crippen LogP contribution in [0.2, 0.25) is 0 Å². The van der Waals surface area contributed by atoms with Crippen LogP contribution in [0.25, 0.3) is 0 Å². The molecular weight excluding hydrogens is 206 g/mol. The second-order valence-corrected chi connectivity index (χ2v) is 4.08. The van der Waals surface area contributed by atoms with E-state index in [-0.39, 0.29) is 23.2 Å². The second-order valence-electron chi connectivity index (χ2n) is 4.08. The molecule has 2 rings (SSSR count). The van der Waals surface area contributed by atoms with E-state index in [2.05, 4.69) is 10.3 Å². The summed E-state index contributed by atoms with van der Waals surface area (Å²) in [6.07, 6.45) is 2.24. The molecule has 1 unspecified atom stereocenters. The molecule has 5 heteroatoms. The van der Waals surface area contributed by atoms with Crippen LogP contribution in [0.5, 0.6) is 0 Å². The van der Waals surface area contributed by atoms with Crippen LogP contribution in [0.1, 0.15) is 23.3 Å². The smallest absolute Gasteiger partial charge is 0.268 e. The quantitative estimate of drug-likeness (QED) is 0.660. The number of carbonyl (C=O) groups excluding carboxylic acids is 1. The first-order valence-corrected chi connectivity index (χ1v) is 5.41. The molecule has 86 valence electrons. The zero-order valence-electron chi connectivity index (χ0n) is 8.90. The summed E-state index contributed by atoms with van der Waals surface area (Å²) in [6.45, 7) is 0.438. The highest BCUT2D eigenvalue weighted by atomic mass is 16.2. The molecule has 16 heavy (non-hydrogen) atoms. The van der Waals surface area contributed by atoms with Crippen LogP contribution in [0.15, 0.2) is 23.0 Å². The normalized spacial score (nSPS) is 16.8. The maximum atomic E-state index is 11.8. The summed E-state index contributed by atoms with van der Waals surface area (Å²) in [4.78, 5) is 25.3. The predicted octanol–water partition coefficient (Wildman–Crippen LogP) is -0.158. The fraction of sp³-hybridized carbons (Fsp3) is 0.455. The van der Waals surface area contributed by atoms with Crippen LogP contribution in [0, 0.1) is 5.92 Å². The van der Waals surface area contributed by atoms with Gasteiger partial charge in [0.05, 0.1) is 0 Å². The zero-order chi connectivity index (χ0) is 11.5. The number of aromatic amines is 1. The van der Waals surface area contributed by atoms with Crippen LogP contribution in [-0.2, 0) is 0 Å². The van der Waals surface area contributed by atoms with Crippen LogP contribution in [-0.4, -0.2) is 23.5 Å². The zero-order valence-corrected chi connectivity index (χ0v) is 8.90. The molecule has 1 atom stereocenters. The first-order chi connectivity index (χ1) is 7.70. The highest BCUT2D eigenvalue weighted by Crippen LogP contribution is 2.32. The molecule has 0 spiro atoms. The Morgan fingerprint density at radius 2 is 2.31 bits per heavy atom. The van der Waals surface area contributed by atoms with Gasteiger partial charge in [-0.15, -0.1) is 0 Å². The van der Waals surface area contributed by atoms with Gasteiger partial charge in [0.15, 0.2) is 0 Å². The lowest BCUT2D eigenvalue weighted by molar-refractivity contribution is 0.0928. The summed E-state index contributed by atoms with van der Waals surface area (Å²) in [6, 6.07) is 4.54.